The van der Waals surface area contributed by atoms with Crippen LogP contribution in [0.4, 0.5) is 0 Å². The minimum Gasteiger partial charge on any atom is -0.508 e. The van der Waals surface area contributed by atoms with Gasteiger partial charge < -0.3 is 19.9 Å². The first kappa shape index (κ1) is 17.7. The van der Waals surface area contributed by atoms with Gasteiger partial charge in [-0.3, -0.25) is 9.69 Å². The van der Waals surface area contributed by atoms with Gasteiger partial charge in [-0.2, -0.15) is 0 Å². The number of amides is 1. The van der Waals surface area contributed by atoms with Gasteiger partial charge >= 0.3 is 0 Å². The van der Waals surface area contributed by atoms with Gasteiger partial charge in [0, 0.05) is 24.6 Å². The lowest BCUT2D eigenvalue weighted by Crippen LogP contribution is -2.40. The van der Waals surface area contributed by atoms with E-state index < -0.39 is 0 Å². The molecule has 0 aliphatic carbocycles. The Labute approximate surface area is 158 Å². The van der Waals surface area contributed by atoms with Crippen molar-refractivity contribution >= 4 is 5.91 Å². The summed E-state index contributed by atoms with van der Waals surface area (Å²) in [5, 5.41) is 13.0. The molecule has 2 aliphatic heterocycles. The van der Waals surface area contributed by atoms with Crippen molar-refractivity contribution in [2.45, 2.75) is 25.9 Å². The topological polar surface area (TPSA) is 71.0 Å². The number of benzene rings is 2. The van der Waals surface area contributed by atoms with Crippen LogP contribution in [0, 0.1) is 5.92 Å². The average molecular weight is 368 g/mol. The highest BCUT2D eigenvalue weighted by Crippen LogP contribution is 2.32. The van der Waals surface area contributed by atoms with E-state index in [1.54, 1.807) is 6.07 Å². The third-order valence-electron chi connectivity index (χ3n) is 5.25. The number of phenolic OH excluding ortho intramolecular Hbond substituents is 1. The molecule has 2 aromatic rings. The number of carbonyl (C=O) groups excluding carboxylic acids is 1. The molecule has 0 atom stereocenters. The summed E-state index contributed by atoms with van der Waals surface area (Å²) in [5.74, 6) is 1.97. The Bertz CT molecular complexity index is 816. The van der Waals surface area contributed by atoms with E-state index in [2.05, 4.69) is 10.2 Å². The summed E-state index contributed by atoms with van der Waals surface area (Å²) < 4.78 is 10.7. The van der Waals surface area contributed by atoms with Gasteiger partial charge in [0.1, 0.15) is 5.75 Å². The van der Waals surface area contributed by atoms with E-state index in [0.717, 1.165) is 55.1 Å². The number of rotatable bonds is 5. The second-order valence-electron chi connectivity index (χ2n) is 7.08. The van der Waals surface area contributed by atoms with E-state index in [1.807, 2.05) is 36.4 Å². The number of nitrogens with one attached hydrogen (secondary N) is 1. The number of phenols is 1. The predicted molar refractivity (Wildman–Crippen MR) is 101 cm³/mol. The number of likely N-dealkylation sites (tertiary alicyclic amines) is 1. The summed E-state index contributed by atoms with van der Waals surface area (Å²) in [5.41, 5.74) is 1.94. The first-order valence-corrected chi connectivity index (χ1v) is 9.34. The number of piperidine rings is 1. The van der Waals surface area contributed by atoms with Crippen molar-refractivity contribution in [3.63, 3.8) is 0 Å². The molecule has 0 spiro atoms. The van der Waals surface area contributed by atoms with Gasteiger partial charge in [0.15, 0.2) is 11.5 Å². The third-order valence-corrected chi connectivity index (χ3v) is 5.25. The van der Waals surface area contributed by atoms with Crippen molar-refractivity contribution < 1.29 is 19.4 Å². The molecule has 27 heavy (non-hydrogen) atoms. The molecule has 0 aromatic heterocycles. The van der Waals surface area contributed by atoms with Crippen LogP contribution in [0.3, 0.4) is 0 Å². The molecule has 1 fully saturated rings. The third kappa shape index (κ3) is 4.17. The van der Waals surface area contributed by atoms with Gasteiger partial charge in [0.05, 0.1) is 0 Å². The van der Waals surface area contributed by atoms with E-state index in [9.17, 15) is 9.90 Å². The molecule has 2 heterocycles. The van der Waals surface area contributed by atoms with E-state index in [-0.39, 0.29) is 18.6 Å². The van der Waals surface area contributed by atoms with Crippen LogP contribution in [0.15, 0.2) is 42.5 Å². The molecular formula is C21H24N2O4. The first-order valence-electron chi connectivity index (χ1n) is 9.34. The van der Waals surface area contributed by atoms with Gasteiger partial charge in [-0.05, 0) is 49.7 Å². The highest BCUT2D eigenvalue weighted by atomic mass is 16.7. The minimum absolute atomic E-state index is 0.0413. The van der Waals surface area contributed by atoms with Crippen LogP contribution in [0.5, 0.6) is 17.2 Å². The molecule has 2 aromatic carbocycles. The Balaban J connectivity index is 1.24. The number of carbonyl (C=O) groups is 1. The SMILES string of the molecule is O=C(NCc1ccc2c(c1)OCO2)C1CCN(Cc2ccccc2O)CC1. The fourth-order valence-electron chi connectivity index (χ4n) is 3.62. The predicted octanol–water partition coefficient (Wildman–Crippen LogP) is 2.65. The first-order chi connectivity index (χ1) is 13.2. The number of ether oxygens (including phenoxy) is 2. The van der Waals surface area contributed by atoms with Gasteiger partial charge in [-0.15, -0.1) is 0 Å². The smallest absolute Gasteiger partial charge is 0.231 e. The van der Waals surface area contributed by atoms with Crippen molar-refractivity contribution in [1.82, 2.24) is 10.2 Å². The molecular weight excluding hydrogens is 344 g/mol. The fourth-order valence-corrected chi connectivity index (χ4v) is 3.62. The molecule has 1 amide bonds. The molecule has 4 rings (SSSR count). The van der Waals surface area contributed by atoms with E-state index in [1.165, 1.54) is 0 Å². The highest BCUT2D eigenvalue weighted by molar-refractivity contribution is 5.78. The summed E-state index contributed by atoms with van der Waals surface area (Å²) in [6, 6.07) is 13.2. The van der Waals surface area contributed by atoms with E-state index in [0.29, 0.717) is 12.3 Å². The molecule has 6 nitrogen and oxygen atoms in total. The molecule has 0 saturated carbocycles. The zero-order valence-corrected chi connectivity index (χ0v) is 15.2. The number of para-hydroxylation sites is 1. The summed E-state index contributed by atoms with van der Waals surface area (Å²) in [4.78, 5) is 14.8. The van der Waals surface area contributed by atoms with Gasteiger partial charge in [0.2, 0.25) is 12.7 Å². The quantitative estimate of drug-likeness (QED) is 0.849. The van der Waals surface area contributed by atoms with Gasteiger partial charge in [-0.1, -0.05) is 24.3 Å². The molecule has 6 heteroatoms. The van der Waals surface area contributed by atoms with E-state index >= 15 is 0 Å². The Hall–Kier alpha value is -2.73. The maximum atomic E-state index is 12.5. The fraction of sp³-hybridized carbons (Fsp3) is 0.381. The van der Waals surface area contributed by atoms with Crippen LogP contribution in [-0.4, -0.2) is 35.8 Å². The number of hydrogen-bond acceptors (Lipinski definition) is 5. The summed E-state index contributed by atoms with van der Waals surface area (Å²) in [7, 11) is 0. The Morgan fingerprint density at radius 2 is 1.89 bits per heavy atom. The second kappa shape index (κ2) is 7.88. The van der Waals surface area contributed by atoms with Crippen molar-refractivity contribution in [2.24, 2.45) is 5.92 Å². The summed E-state index contributed by atoms with van der Waals surface area (Å²) in [6.07, 6.45) is 1.67. The highest BCUT2D eigenvalue weighted by Gasteiger charge is 2.25. The van der Waals surface area contributed by atoms with Crippen molar-refractivity contribution in [3.05, 3.63) is 53.6 Å². The number of hydrogen-bond donors (Lipinski definition) is 2. The van der Waals surface area contributed by atoms with Crippen molar-refractivity contribution in [3.8, 4) is 17.2 Å². The lowest BCUT2D eigenvalue weighted by Gasteiger charge is -2.31. The maximum Gasteiger partial charge on any atom is 0.231 e. The summed E-state index contributed by atoms with van der Waals surface area (Å²) in [6.45, 7) is 3.18. The monoisotopic (exact) mass is 368 g/mol. The average Bonchev–Trinajstić information content (AvgIpc) is 3.16. The van der Waals surface area contributed by atoms with Crippen LogP contribution < -0.4 is 14.8 Å². The molecule has 2 N–H and O–H groups in total. The van der Waals surface area contributed by atoms with Crippen molar-refractivity contribution in [1.29, 1.82) is 0 Å². The van der Waals surface area contributed by atoms with Crippen LogP contribution in [0.25, 0.3) is 0 Å². The molecule has 2 aliphatic rings. The van der Waals surface area contributed by atoms with Crippen molar-refractivity contribution in [2.75, 3.05) is 19.9 Å². The Morgan fingerprint density at radius 1 is 1.11 bits per heavy atom. The zero-order valence-electron chi connectivity index (χ0n) is 15.2. The number of fused-ring (bicyclic) bond motifs is 1. The van der Waals surface area contributed by atoms with E-state index in [4.69, 9.17) is 9.47 Å². The zero-order chi connectivity index (χ0) is 18.6. The molecule has 0 radical (unpaired) electrons. The summed E-state index contributed by atoms with van der Waals surface area (Å²) >= 11 is 0. The molecule has 0 bridgehead atoms. The standard InChI is InChI=1S/C21H24N2O4/c24-18-4-2-1-3-17(18)13-23-9-7-16(8-10-23)21(25)22-12-15-5-6-19-20(11-15)27-14-26-19/h1-6,11,16,24H,7-10,12-14H2,(H,22,25). The normalized spacial score (nSPS) is 17.0. The number of nitrogens with zero attached hydrogens (tertiary/aromatic N) is 1. The lowest BCUT2D eigenvalue weighted by molar-refractivity contribution is -0.126. The van der Waals surface area contributed by atoms with Crippen LogP contribution in [0.2, 0.25) is 0 Å². The minimum atomic E-state index is 0.0413. The lowest BCUT2D eigenvalue weighted by atomic mass is 9.95. The molecule has 1 saturated heterocycles. The number of aromatic hydroxyl groups is 1. The van der Waals surface area contributed by atoms with Gasteiger partial charge in [-0.25, -0.2) is 0 Å². The second-order valence-corrected chi connectivity index (χ2v) is 7.08. The van der Waals surface area contributed by atoms with Gasteiger partial charge in [0.25, 0.3) is 0 Å². The van der Waals surface area contributed by atoms with Crippen LogP contribution in [0.1, 0.15) is 24.0 Å². The Morgan fingerprint density at radius 3 is 2.70 bits per heavy atom. The molecule has 142 valence electrons. The Kier molecular flexibility index (Phi) is 5.16. The molecule has 0 unspecified atom stereocenters. The maximum absolute atomic E-state index is 12.5. The largest absolute Gasteiger partial charge is 0.508 e. The van der Waals surface area contributed by atoms with Crippen LogP contribution in [-0.2, 0) is 17.9 Å². The van der Waals surface area contributed by atoms with Crippen LogP contribution >= 0.6 is 0 Å².